The predicted octanol–water partition coefficient (Wildman–Crippen LogP) is 1.99. The number of carbonyl (C=O) groups is 2. The molecule has 1 fully saturated rings. The van der Waals surface area contributed by atoms with Crippen LogP contribution in [0.25, 0.3) is 0 Å². The number of nitrogens with one attached hydrogen (secondary N) is 1. The van der Waals surface area contributed by atoms with Crippen molar-refractivity contribution in [3.8, 4) is 0 Å². The van der Waals surface area contributed by atoms with Crippen molar-refractivity contribution in [2.24, 2.45) is 5.92 Å². The number of carbonyl (C=O) groups excluding carboxylic acids is 2. The normalized spacial score (nSPS) is 16.6. The molecular formula is C22H26N2O5S. The Kier molecular flexibility index (Phi) is 7.23. The van der Waals surface area contributed by atoms with E-state index >= 15 is 0 Å². The minimum absolute atomic E-state index is 0.251. The number of sulfonamides is 1. The topological polar surface area (TPSA) is 92.8 Å². The molecule has 7 nitrogen and oxygen atoms in total. The lowest BCUT2D eigenvalue weighted by Crippen LogP contribution is -2.48. The number of hydrogen-bond donors (Lipinski definition) is 1. The number of nitrogens with zero attached hydrogens (tertiary/aromatic N) is 1. The fraction of sp³-hybridized carbons (Fsp3) is 0.364. The third-order valence-corrected chi connectivity index (χ3v) is 7.20. The summed E-state index contributed by atoms with van der Waals surface area (Å²) in [5, 5.41) is 2.79. The van der Waals surface area contributed by atoms with Gasteiger partial charge in [-0.15, -0.1) is 0 Å². The molecule has 0 radical (unpaired) electrons. The Morgan fingerprint density at radius 1 is 1.03 bits per heavy atom. The highest BCUT2D eigenvalue weighted by Gasteiger charge is 2.33. The highest BCUT2D eigenvalue weighted by Crippen LogP contribution is 2.24. The second-order valence-electron chi connectivity index (χ2n) is 7.27. The van der Waals surface area contributed by atoms with Gasteiger partial charge in [0.1, 0.15) is 6.04 Å². The number of esters is 1. The summed E-state index contributed by atoms with van der Waals surface area (Å²) in [6, 6.07) is 16.9. The molecule has 0 aliphatic carbocycles. The third-order valence-electron chi connectivity index (χ3n) is 5.29. The van der Waals surface area contributed by atoms with Crippen molar-refractivity contribution in [2.75, 3.05) is 20.2 Å². The first kappa shape index (κ1) is 22.0. The van der Waals surface area contributed by atoms with Crippen molar-refractivity contribution < 1.29 is 22.7 Å². The molecule has 1 saturated heterocycles. The molecule has 160 valence electrons. The van der Waals surface area contributed by atoms with Crippen molar-refractivity contribution in [1.29, 1.82) is 0 Å². The number of benzene rings is 2. The molecule has 1 N–H and O–H groups in total. The molecule has 1 atom stereocenters. The van der Waals surface area contributed by atoms with Gasteiger partial charge in [0.2, 0.25) is 15.9 Å². The van der Waals surface area contributed by atoms with Gasteiger partial charge in [-0.05, 0) is 30.5 Å². The summed E-state index contributed by atoms with van der Waals surface area (Å²) < 4.78 is 31.7. The molecule has 0 aromatic heterocycles. The summed E-state index contributed by atoms with van der Waals surface area (Å²) in [6.07, 6.45) is 1.13. The zero-order valence-electron chi connectivity index (χ0n) is 16.9. The number of rotatable bonds is 7. The van der Waals surface area contributed by atoms with Gasteiger partial charge in [0.05, 0.1) is 12.0 Å². The number of ether oxygens (including phenoxy) is 1. The minimum atomic E-state index is -3.56. The van der Waals surface area contributed by atoms with Crippen molar-refractivity contribution in [2.45, 2.75) is 30.2 Å². The number of hydrogen-bond acceptors (Lipinski definition) is 5. The summed E-state index contributed by atoms with van der Waals surface area (Å²) in [7, 11) is -2.27. The van der Waals surface area contributed by atoms with Crippen LogP contribution in [0.15, 0.2) is 65.6 Å². The molecule has 1 heterocycles. The van der Waals surface area contributed by atoms with Crippen molar-refractivity contribution in [1.82, 2.24) is 9.62 Å². The van der Waals surface area contributed by atoms with E-state index in [1.807, 2.05) is 30.3 Å². The van der Waals surface area contributed by atoms with E-state index in [0.29, 0.717) is 19.3 Å². The average Bonchev–Trinajstić information content (AvgIpc) is 2.79. The fourth-order valence-electron chi connectivity index (χ4n) is 3.57. The van der Waals surface area contributed by atoms with Crippen LogP contribution in [0, 0.1) is 5.92 Å². The summed E-state index contributed by atoms with van der Waals surface area (Å²) in [5.74, 6) is -1.11. The first-order valence-electron chi connectivity index (χ1n) is 9.89. The van der Waals surface area contributed by atoms with Crippen LogP contribution in [0.3, 0.4) is 0 Å². The molecule has 8 heteroatoms. The third kappa shape index (κ3) is 5.25. The second-order valence-corrected chi connectivity index (χ2v) is 9.20. The molecule has 0 spiro atoms. The Hall–Kier alpha value is -2.71. The van der Waals surface area contributed by atoms with E-state index in [2.05, 4.69) is 5.32 Å². The molecule has 1 aliphatic rings. The number of methoxy groups -OCH3 is 1. The number of piperidine rings is 1. The first-order valence-corrected chi connectivity index (χ1v) is 11.3. The van der Waals surface area contributed by atoms with E-state index in [9.17, 15) is 18.0 Å². The molecule has 1 unspecified atom stereocenters. The lowest BCUT2D eigenvalue weighted by molar-refractivity contribution is -0.145. The van der Waals surface area contributed by atoms with E-state index < -0.39 is 22.0 Å². The zero-order chi connectivity index (χ0) is 21.6. The number of amides is 1. The molecule has 2 aromatic rings. The zero-order valence-corrected chi connectivity index (χ0v) is 17.7. The summed E-state index contributed by atoms with van der Waals surface area (Å²) in [6.45, 7) is 0.522. The maximum absolute atomic E-state index is 12.8. The SMILES string of the molecule is COC(=O)C(Cc1ccccc1)NC(=O)C1CCN(S(=O)(=O)c2ccccc2)CC1. The molecule has 3 rings (SSSR count). The van der Waals surface area contributed by atoms with Crippen LogP contribution in [0.5, 0.6) is 0 Å². The van der Waals surface area contributed by atoms with Gasteiger partial charge in [0.15, 0.2) is 0 Å². The van der Waals surface area contributed by atoms with Crippen molar-refractivity contribution in [3.63, 3.8) is 0 Å². The van der Waals surface area contributed by atoms with Gasteiger partial charge in [-0.3, -0.25) is 4.79 Å². The first-order chi connectivity index (χ1) is 14.4. The van der Waals surface area contributed by atoms with E-state index in [1.165, 1.54) is 11.4 Å². The Bertz CT molecular complexity index is 956. The van der Waals surface area contributed by atoms with Crippen LogP contribution in [0.4, 0.5) is 0 Å². The van der Waals surface area contributed by atoms with Crippen LogP contribution < -0.4 is 5.32 Å². The Morgan fingerprint density at radius 3 is 2.17 bits per heavy atom. The maximum Gasteiger partial charge on any atom is 0.328 e. The lowest BCUT2D eigenvalue weighted by atomic mass is 9.96. The standard InChI is InChI=1S/C22H26N2O5S/c1-29-22(26)20(16-17-8-4-2-5-9-17)23-21(25)18-12-14-24(15-13-18)30(27,28)19-10-6-3-7-11-19/h2-11,18,20H,12-16H2,1H3,(H,23,25). The van der Waals surface area contributed by atoms with Gasteiger partial charge in [-0.1, -0.05) is 48.5 Å². The largest absolute Gasteiger partial charge is 0.467 e. The summed E-state index contributed by atoms with van der Waals surface area (Å²) in [5.41, 5.74) is 0.914. The minimum Gasteiger partial charge on any atom is -0.467 e. The molecule has 0 bridgehead atoms. The van der Waals surface area contributed by atoms with Gasteiger partial charge in [0.25, 0.3) is 0 Å². The summed E-state index contributed by atoms with van der Waals surface area (Å²) in [4.78, 5) is 25.2. The van der Waals surface area contributed by atoms with Crippen LogP contribution in [-0.2, 0) is 30.8 Å². The van der Waals surface area contributed by atoms with Crippen LogP contribution in [0.1, 0.15) is 18.4 Å². The van der Waals surface area contributed by atoms with Crippen molar-refractivity contribution >= 4 is 21.9 Å². The smallest absolute Gasteiger partial charge is 0.328 e. The van der Waals surface area contributed by atoms with Gasteiger partial charge in [-0.25, -0.2) is 13.2 Å². The molecule has 1 aliphatic heterocycles. The van der Waals surface area contributed by atoms with Crippen molar-refractivity contribution in [3.05, 3.63) is 66.2 Å². The fourth-order valence-corrected chi connectivity index (χ4v) is 5.07. The average molecular weight is 431 g/mol. The Labute approximate surface area is 177 Å². The molecule has 2 aromatic carbocycles. The molecular weight excluding hydrogens is 404 g/mol. The van der Waals surface area contributed by atoms with E-state index in [0.717, 1.165) is 5.56 Å². The monoisotopic (exact) mass is 430 g/mol. The molecule has 30 heavy (non-hydrogen) atoms. The van der Waals surface area contributed by atoms with Gasteiger partial charge < -0.3 is 10.1 Å². The predicted molar refractivity (Wildman–Crippen MR) is 112 cm³/mol. The highest BCUT2D eigenvalue weighted by molar-refractivity contribution is 7.89. The molecule has 1 amide bonds. The van der Waals surface area contributed by atoms with E-state index in [-0.39, 0.29) is 29.8 Å². The second kappa shape index (κ2) is 9.86. The van der Waals surface area contributed by atoms with Gasteiger partial charge in [0, 0.05) is 25.4 Å². The quantitative estimate of drug-likeness (QED) is 0.678. The lowest BCUT2D eigenvalue weighted by Gasteiger charge is -2.31. The van der Waals surface area contributed by atoms with Crippen LogP contribution in [-0.4, -0.2) is 50.8 Å². The van der Waals surface area contributed by atoms with Gasteiger partial charge >= 0.3 is 5.97 Å². The molecule has 0 saturated carbocycles. The Balaban J connectivity index is 1.60. The Morgan fingerprint density at radius 2 is 1.60 bits per heavy atom. The highest BCUT2D eigenvalue weighted by atomic mass is 32.2. The maximum atomic E-state index is 12.8. The van der Waals surface area contributed by atoms with Gasteiger partial charge in [-0.2, -0.15) is 4.31 Å². The van der Waals surface area contributed by atoms with Crippen LogP contribution in [0.2, 0.25) is 0 Å². The van der Waals surface area contributed by atoms with Crippen LogP contribution >= 0.6 is 0 Å². The summed E-state index contributed by atoms with van der Waals surface area (Å²) >= 11 is 0. The van der Waals surface area contributed by atoms with E-state index in [4.69, 9.17) is 4.74 Å². The van der Waals surface area contributed by atoms with E-state index in [1.54, 1.807) is 30.3 Å².